The summed E-state index contributed by atoms with van der Waals surface area (Å²) in [6.07, 6.45) is 1.06. The number of hydrogen-bond acceptors (Lipinski definition) is 0. The zero-order valence-electron chi connectivity index (χ0n) is 17.0. The van der Waals surface area contributed by atoms with Gasteiger partial charge in [-0.1, -0.05) is 97.9 Å². The Morgan fingerprint density at radius 3 is 1.73 bits per heavy atom. The quantitative estimate of drug-likeness (QED) is 0.263. The number of benzene rings is 6. The summed E-state index contributed by atoms with van der Waals surface area (Å²) >= 11 is 0. The van der Waals surface area contributed by atoms with E-state index >= 15 is 0 Å². The Morgan fingerprint density at radius 2 is 1.00 bits per heavy atom. The van der Waals surface area contributed by atoms with Gasteiger partial charge >= 0.3 is 0 Å². The minimum atomic E-state index is 1.06. The van der Waals surface area contributed by atoms with Crippen LogP contribution < -0.4 is 0 Å². The summed E-state index contributed by atoms with van der Waals surface area (Å²) in [5.74, 6) is 0. The van der Waals surface area contributed by atoms with E-state index < -0.39 is 0 Å². The lowest BCUT2D eigenvalue weighted by molar-refractivity contribution is 1.15. The first-order chi connectivity index (χ1) is 14.8. The predicted octanol–water partition coefficient (Wildman–Crippen LogP) is 8.53. The minimum absolute atomic E-state index is 1.06. The molecule has 0 aliphatic heterocycles. The zero-order chi connectivity index (χ0) is 20.1. The van der Waals surface area contributed by atoms with Crippen molar-refractivity contribution in [3.8, 4) is 11.1 Å². The summed E-state index contributed by atoms with van der Waals surface area (Å²) in [6.45, 7) is 2.22. The van der Waals surface area contributed by atoms with Crippen LogP contribution in [0.1, 0.15) is 12.5 Å². The molecule has 6 rings (SSSR count). The van der Waals surface area contributed by atoms with Crippen LogP contribution in [-0.2, 0) is 6.42 Å². The molecule has 0 heterocycles. The fourth-order valence-electron chi connectivity index (χ4n) is 4.68. The molecule has 6 aromatic carbocycles. The van der Waals surface area contributed by atoms with Crippen LogP contribution in [-0.4, -0.2) is 0 Å². The van der Waals surface area contributed by atoms with Crippen molar-refractivity contribution in [2.24, 2.45) is 0 Å². The molecule has 0 amide bonds. The van der Waals surface area contributed by atoms with Gasteiger partial charge in [0.25, 0.3) is 0 Å². The Bertz CT molecular complexity index is 1570. The highest BCUT2D eigenvalue weighted by Gasteiger charge is 2.08. The third-order valence-electron chi connectivity index (χ3n) is 6.39. The lowest BCUT2D eigenvalue weighted by Crippen LogP contribution is -1.85. The van der Waals surface area contributed by atoms with Gasteiger partial charge in [0, 0.05) is 0 Å². The molecule has 6 aromatic rings. The first-order valence-electron chi connectivity index (χ1n) is 10.7. The molecule has 0 radical (unpaired) electrons. The molecule has 0 N–H and O–H groups in total. The molecule has 0 fully saturated rings. The Hall–Kier alpha value is -3.64. The number of fused-ring (bicyclic) bond motifs is 6. The SMILES string of the molecule is CCc1ccc2ccc3c4cc(-c5ccc6ccccc6c5)ccc4ccc3c2c1. The second kappa shape index (κ2) is 6.71. The van der Waals surface area contributed by atoms with Crippen molar-refractivity contribution in [2.45, 2.75) is 13.3 Å². The van der Waals surface area contributed by atoms with E-state index in [2.05, 4.69) is 110 Å². The largest absolute Gasteiger partial charge is 0.0616 e. The molecule has 0 saturated carbocycles. The third kappa shape index (κ3) is 2.69. The highest BCUT2D eigenvalue weighted by Crippen LogP contribution is 2.34. The van der Waals surface area contributed by atoms with Crippen LogP contribution in [0.15, 0.2) is 103 Å². The summed E-state index contributed by atoms with van der Waals surface area (Å²) in [5, 5.41) is 10.5. The molecular formula is C30H22. The van der Waals surface area contributed by atoms with E-state index in [0.717, 1.165) is 6.42 Å². The molecule has 0 aliphatic rings. The lowest BCUT2D eigenvalue weighted by Gasteiger charge is -2.11. The van der Waals surface area contributed by atoms with Gasteiger partial charge in [-0.3, -0.25) is 0 Å². The first-order valence-corrected chi connectivity index (χ1v) is 10.7. The minimum Gasteiger partial charge on any atom is -0.0616 e. The monoisotopic (exact) mass is 382 g/mol. The second-order valence-corrected chi connectivity index (χ2v) is 8.13. The highest BCUT2D eigenvalue weighted by molar-refractivity contribution is 6.17. The van der Waals surface area contributed by atoms with E-state index in [0.29, 0.717) is 0 Å². The maximum absolute atomic E-state index is 2.36. The second-order valence-electron chi connectivity index (χ2n) is 8.13. The normalized spacial score (nSPS) is 11.6. The van der Waals surface area contributed by atoms with Crippen LogP contribution in [0.2, 0.25) is 0 Å². The molecule has 0 saturated heterocycles. The van der Waals surface area contributed by atoms with Crippen LogP contribution in [0.25, 0.3) is 54.2 Å². The standard InChI is InChI=1S/C30H22/c1-2-20-7-8-22-13-16-28-27(29(22)17-20)15-14-23-10-12-26(19-30(23)28)25-11-9-21-5-3-4-6-24(21)18-25/h3-19H,2H2,1H3. The van der Waals surface area contributed by atoms with Crippen LogP contribution in [0.4, 0.5) is 0 Å². The van der Waals surface area contributed by atoms with Crippen molar-refractivity contribution in [1.29, 1.82) is 0 Å². The van der Waals surface area contributed by atoms with Crippen molar-refractivity contribution in [3.63, 3.8) is 0 Å². The van der Waals surface area contributed by atoms with Gasteiger partial charge < -0.3 is 0 Å². The molecular weight excluding hydrogens is 360 g/mol. The average molecular weight is 383 g/mol. The predicted molar refractivity (Wildman–Crippen MR) is 131 cm³/mol. The maximum atomic E-state index is 2.36. The van der Waals surface area contributed by atoms with Crippen LogP contribution >= 0.6 is 0 Å². The van der Waals surface area contributed by atoms with Gasteiger partial charge in [0.1, 0.15) is 0 Å². The zero-order valence-corrected chi connectivity index (χ0v) is 17.0. The molecule has 0 aliphatic carbocycles. The van der Waals surface area contributed by atoms with Gasteiger partial charge in [-0.15, -0.1) is 0 Å². The third-order valence-corrected chi connectivity index (χ3v) is 6.39. The van der Waals surface area contributed by atoms with Crippen LogP contribution in [0.3, 0.4) is 0 Å². The highest BCUT2D eigenvalue weighted by atomic mass is 14.1. The molecule has 0 unspecified atom stereocenters. The molecule has 0 heteroatoms. The molecule has 0 nitrogen and oxygen atoms in total. The van der Waals surface area contributed by atoms with E-state index in [4.69, 9.17) is 0 Å². The maximum Gasteiger partial charge on any atom is -0.00987 e. The summed E-state index contributed by atoms with van der Waals surface area (Å²) in [7, 11) is 0. The van der Waals surface area contributed by atoms with Gasteiger partial charge in [0.15, 0.2) is 0 Å². The Morgan fingerprint density at radius 1 is 0.433 bits per heavy atom. The van der Waals surface area contributed by atoms with Gasteiger partial charge in [-0.2, -0.15) is 0 Å². The lowest BCUT2D eigenvalue weighted by atomic mass is 9.93. The Kier molecular flexibility index (Phi) is 3.86. The van der Waals surface area contributed by atoms with Crippen molar-refractivity contribution in [1.82, 2.24) is 0 Å². The van der Waals surface area contributed by atoms with Gasteiger partial charge in [-0.05, 0) is 78.3 Å². The molecule has 0 atom stereocenters. The molecule has 0 aromatic heterocycles. The average Bonchev–Trinajstić information content (AvgIpc) is 2.82. The number of rotatable bonds is 2. The van der Waals surface area contributed by atoms with Crippen LogP contribution in [0.5, 0.6) is 0 Å². The summed E-state index contributed by atoms with van der Waals surface area (Å²) in [5.41, 5.74) is 3.92. The molecule has 0 bridgehead atoms. The van der Waals surface area contributed by atoms with Gasteiger partial charge in [0.05, 0.1) is 0 Å². The van der Waals surface area contributed by atoms with Crippen molar-refractivity contribution >= 4 is 43.1 Å². The molecule has 142 valence electrons. The number of hydrogen-bond donors (Lipinski definition) is 0. The van der Waals surface area contributed by atoms with E-state index in [1.165, 1.54) is 59.8 Å². The molecule has 30 heavy (non-hydrogen) atoms. The van der Waals surface area contributed by atoms with Crippen molar-refractivity contribution in [2.75, 3.05) is 0 Å². The summed E-state index contributed by atoms with van der Waals surface area (Å²) in [6, 6.07) is 38.1. The Balaban J connectivity index is 1.61. The van der Waals surface area contributed by atoms with Crippen molar-refractivity contribution in [3.05, 3.63) is 109 Å². The smallest absolute Gasteiger partial charge is 0.00987 e. The topological polar surface area (TPSA) is 0 Å². The van der Waals surface area contributed by atoms with Crippen LogP contribution in [0, 0.1) is 0 Å². The van der Waals surface area contributed by atoms with E-state index in [1.54, 1.807) is 0 Å². The summed E-state index contributed by atoms with van der Waals surface area (Å²) < 4.78 is 0. The summed E-state index contributed by atoms with van der Waals surface area (Å²) in [4.78, 5) is 0. The van der Waals surface area contributed by atoms with E-state index in [9.17, 15) is 0 Å². The molecule has 0 spiro atoms. The fourth-order valence-corrected chi connectivity index (χ4v) is 4.68. The van der Waals surface area contributed by atoms with Crippen molar-refractivity contribution < 1.29 is 0 Å². The van der Waals surface area contributed by atoms with Gasteiger partial charge in [0.2, 0.25) is 0 Å². The first kappa shape index (κ1) is 17.2. The fraction of sp³-hybridized carbons (Fsp3) is 0.0667. The van der Waals surface area contributed by atoms with E-state index in [-0.39, 0.29) is 0 Å². The van der Waals surface area contributed by atoms with Gasteiger partial charge in [-0.25, -0.2) is 0 Å². The number of aryl methyl sites for hydroxylation is 1. The Labute approximate surface area is 176 Å². The van der Waals surface area contributed by atoms with E-state index in [1.807, 2.05) is 0 Å².